The number of nitrogens with zero attached hydrogens (tertiary/aromatic N) is 1. The molecule has 0 aliphatic heterocycles. The van der Waals surface area contributed by atoms with Gasteiger partial charge in [0, 0.05) is 6.42 Å². The zero-order valence-corrected chi connectivity index (χ0v) is 13.4. The molecule has 2 heterocycles. The van der Waals surface area contributed by atoms with Crippen LogP contribution in [0.3, 0.4) is 0 Å². The fourth-order valence-electron chi connectivity index (χ4n) is 1.42. The maximum absolute atomic E-state index is 10.9. The predicted molar refractivity (Wildman–Crippen MR) is 50.6 cm³/mol. The normalized spacial score (nSPS) is 9.79. The summed E-state index contributed by atoms with van der Waals surface area (Å²) in [6.07, 6.45) is 2.41. The Kier molecular flexibility index (Phi) is 4.71. The second-order valence-electron chi connectivity index (χ2n) is 3.11. The number of carbonyl (C=O) groups excluding carboxylic acids is 1. The number of pyridine rings is 1. The molecular formula is C11H10NORb. The summed E-state index contributed by atoms with van der Waals surface area (Å²) in [4.78, 5) is 10.9. The second-order valence-corrected chi connectivity index (χ2v) is 3.11. The Morgan fingerprint density at radius 3 is 3.00 bits per heavy atom. The van der Waals surface area contributed by atoms with Crippen molar-refractivity contribution in [3.05, 3.63) is 42.2 Å². The molecule has 0 aromatic carbocycles. The van der Waals surface area contributed by atoms with Crippen LogP contribution in [0, 0.1) is 6.07 Å². The van der Waals surface area contributed by atoms with Crippen LogP contribution in [0.15, 0.2) is 30.5 Å². The topological polar surface area (TPSA) is 21.5 Å². The van der Waals surface area contributed by atoms with Crippen molar-refractivity contribution < 1.29 is 63.0 Å². The molecule has 14 heavy (non-hydrogen) atoms. The molecule has 0 radical (unpaired) electrons. The van der Waals surface area contributed by atoms with Gasteiger partial charge in [0.2, 0.25) is 0 Å². The van der Waals surface area contributed by atoms with E-state index in [4.69, 9.17) is 0 Å². The van der Waals surface area contributed by atoms with Gasteiger partial charge in [0.1, 0.15) is 5.78 Å². The number of fused-ring (bicyclic) bond motifs is 1. The molecule has 3 heteroatoms. The Hall–Kier alpha value is 0.235. The predicted octanol–water partition coefficient (Wildman–Crippen LogP) is -1.13. The molecule has 0 aliphatic carbocycles. The van der Waals surface area contributed by atoms with Gasteiger partial charge in [-0.1, -0.05) is 11.8 Å². The van der Waals surface area contributed by atoms with E-state index < -0.39 is 0 Å². The standard InChI is InChI=1S/C11H10NO.Rb/c1-9(13)8-11-6-5-10-4-2-3-7-12(10)11;/h2-5,7H,8H2,1H3;/q-1;+1. The average molecular weight is 258 g/mol. The van der Waals surface area contributed by atoms with Crippen molar-refractivity contribution in [3.8, 4) is 0 Å². The van der Waals surface area contributed by atoms with Crippen LogP contribution >= 0.6 is 0 Å². The van der Waals surface area contributed by atoms with E-state index in [9.17, 15) is 4.79 Å². The fourth-order valence-corrected chi connectivity index (χ4v) is 1.42. The molecule has 0 aliphatic rings. The fraction of sp³-hybridized carbons (Fsp3) is 0.182. The monoisotopic (exact) mass is 257 g/mol. The van der Waals surface area contributed by atoms with Crippen LogP contribution < -0.4 is 58.2 Å². The van der Waals surface area contributed by atoms with Gasteiger partial charge in [0.25, 0.3) is 0 Å². The molecule has 2 rings (SSSR count). The van der Waals surface area contributed by atoms with Gasteiger partial charge in [-0.15, -0.1) is 11.6 Å². The number of rotatable bonds is 2. The van der Waals surface area contributed by atoms with Crippen LogP contribution in [0.25, 0.3) is 5.52 Å². The largest absolute Gasteiger partial charge is 1.00 e. The van der Waals surface area contributed by atoms with Gasteiger partial charge in [0.15, 0.2) is 0 Å². The summed E-state index contributed by atoms with van der Waals surface area (Å²) < 4.78 is 1.99. The summed E-state index contributed by atoms with van der Waals surface area (Å²) in [6.45, 7) is 1.59. The minimum absolute atomic E-state index is 0. The number of hydrogen-bond acceptors (Lipinski definition) is 1. The molecule has 2 aromatic heterocycles. The van der Waals surface area contributed by atoms with Crippen molar-refractivity contribution in [2.24, 2.45) is 0 Å². The number of ketones is 1. The zero-order valence-electron chi connectivity index (χ0n) is 8.45. The minimum Gasteiger partial charge on any atom is -0.416 e. The van der Waals surface area contributed by atoms with E-state index in [1.54, 1.807) is 6.92 Å². The Morgan fingerprint density at radius 2 is 2.29 bits per heavy atom. The quantitative estimate of drug-likeness (QED) is 0.625. The van der Waals surface area contributed by atoms with Crippen LogP contribution in [0.2, 0.25) is 0 Å². The summed E-state index contributed by atoms with van der Waals surface area (Å²) in [5.41, 5.74) is 2.02. The average Bonchev–Trinajstić information content (AvgIpc) is 2.48. The third-order valence-corrected chi connectivity index (χ3v) is 1.99. The first-order valence-corrected chi connectivity index (χ1v) is 4.23. The van der Waals surface area contributed by atoms with Gasteiger partial charge in [-0.25, -0.2) is 12.1 Å². The molecule has 2 nitrogen and oxygen atoms in total. The van der Waals surface area contributed by atoms with Crippen molar-refractivity contribution in [3.63, 3.8) is 0 Å². The first kappa shape index (κ1) is 12.3. The van der Waals surface area contributed by atoms with Gasteiger partial charge in [0.05, 0.1) is 0 Å². The van der Waals surface area contributed by atoms with Crippen LogP contribution in [0.4, 0.5) is 0 Å². The van der Waals surface area contributed by atoms with E-state index in [0.717, 1.165) is 11.2 Å². The van der Waals surface area contributed by atoms with E-state index >= 15 is 0 Å². The minimum atomic E-state index is 0. The second kappa shape index (κ2) is 5.35. The van der Waals surface area contributed by atoms with Crippen molar-refractivity contribution >= 4 is 11.3 Å². The summed E-state index contributed by atoms with van der Waals surface area (Å²) in [5.74, 6) is 0.167. The first-order chi connectivity index (χ1) is 6.27. The van der Waals surface area contributed by atoms with Crippen molar-refractivity contribution in [1.29, 1.82) is 0 Å². The molecule has 0 amide bonds. The molecule has 0 saturated carbocycles. The molecule has 2 aromatic rings. The molecule has 0 spiro atoms. The summed E-state index contributed by atoms with van der Waals surface area (Å²) >= 11 is 0. The van der Waals surface area contributed by atoms with Crippen molar-refractivity contribution in [1.82, 2.24) is 4.40 Å². The maximum Gasteiger partial charge on any atom is 1.00 e. The number of hydrogen-bond donors (Lipinski definition) is 0. The van der Waals surface area contributed by atoms with Crippen LogP contribution in [-0.4, -0.2) is 10.2 Å². The van der Waals surface area contributed by atoms with Gasteiger partial charge in [-0.3, -0.25) is 4.79 Å². The zero-order chi connectivity index (χ0) is 9.26. The molecule has 66 valence electrons. The Labute approximate surface area is 132 Å². The summed E-state index contributed by atoms with van der Waals surface area (Å²) in [5, 5.41) is 0. The van der Waals surface area contributed by atoms with Crippen LogP contribution in [-0.2, 0) is 11.2 Å². The van der Waals surface area contributed by atoms with Crippen LogP contribution in [0.1, 0.15) is 12.6 Å². The number of Topliss-reactive ketones (excluding diaryl/α,β-unsaturated/α-hetero) is 1. The van der Waals surface area contributed by atoms with E-state index in [1.807, 2.05) is 34.9 Å². The summed E-state index contributed by atoms with van der Waals surface area (Å²) in [6, 6.07) is 10.9. The number of aromatic nitrogens is 1. The van der Waals surface area contributed by atoms with Crippen molar-refractivity contribution in [2.45, 2.75) is 13.3 Å². The maximum atomic E-state index is 10.9. The third-order valence-electron chi connectivity index (χ3n) is 1.99. The van der Waals surface area contributed by atoms with Gasteiger partial charge in [-0.2, -0.15) is 0 Å². The molecule has 0 N–H and O–H groups in total. The van der Waals surface area contributed by atoms with E-state index in [-0.39, 0.29) is 64.0 Å². The third kappa shape index (κ3) is 2.63. The first-order valence-electron chi connectivity index (χ1n) is 4.23. The molecule has 0 atom stereocenters. The Bertz CT molecular complexity index is 447. The molecule has 0 fully saturated rings. The van der Waals surface area contributed by atoms with E-state index in [0.29, 0.717) is 6.42 Å². The van der Waals surface area contributed by atoms with Gasteiger partial charge >= 0.3 is 58.2 Å². The van der Waals surface area contributed by atoms with E-state index in [2.05, 4.69) is 6.07 Å². The number of carbonyl (C=O) groups is 1. The molecule has 0 bridgehead atoms. The van der Waals surface area contributed by atoms with E-state index in [1.165, 1.54) is 0 Å². The molecular weight excluding hydrogens is 248 g/mol. The van der Waals surface area contributed by atoms with Crippen LogP contribution in [0.5, 0.6) is 0 Å². The van der Waals surface area contributed by atoms with Gasteiger partial charge < -0.3 is 4.40 Å². The Balaban J connectivity index is 0.000000980. The summed E-state index contributed by atoms with van der Waals surface area (Å²) in [7, 11) is 0. The Morgan fingerprint density at radius 1 is 1.50 bits per heavy atom. The smallest absolute Gasteiger partial charge is 0.416 e. The molecule has 0 saturated heterocycles. The van der Waals surface area contributed by atoms with Gasteiger partial charge in [-0.05, 0) is 19.2 Å². The van der Waals surface area contributed by atoms with Crippen molar-refractivity contribution in [2.75, 3.05) is 0 Å². The SMILES string of the molecule is CC(=O)Cc1[c-]cc2ccccn12.[Rb+]. The molecule has 0 unspecified atom stereocenters.